The smallest absolute Gasteiger partial charge is 0.0540 e. The van der Waals surface area contributed by atoms with Crippen molar-refractivity contribution in [3.05, 3.63) is 174 Å². The second-order valence-corrected chi connectivity index (χ2v) is 18.3. The molecule has 57 heavy (non-hydrogen) atoms. The molecule has 0 radical (unpaired) electrons. The van der Waals surface area contributed by atoms with Crippen LogP contribution in [0.3, 0.4) is 0 Å². The molecule has 3 fully saturated rings. The van der Waals surface area contributed by atoms with Crippen molar-refractivity contribution in [1.29, 1.82) is 0 Å². The molecule has 3 unspecified atom stereocenters. The molecule has 0 N–H and O–H groups in total. The molecule has 282 valence electrons. The van der Waals surface area contributed by atoms with Crippen LogP contribution in [0.4, 0.5) is 17.1 Å². The molecule has 0 heterocycles. The second kappa shape index (κ2) is 13.9. The normalized spacial score (nSPS) is 20.8. The van der Waals surface area contributed by atoms with Gasteiger partial charge in [0.25, 0.3) is 0 Å². The van der Waals surface area contributed by atoms with E-state index in [0.717, 1.165) is 11.8 Å². The van der Waals surface area contributed by atoms with E-state index in [0.29, 0.717) is 11.8 Å². The maximum absolute atomic E-state index is 2.58. The summed E-state index contributed by atoms with van der Waals surface area (Å²) in [6, 6.07) is 58.3. The van der Waals surface area contributed by atoms with E-state index >= 15 is 0 Å². The van der Waals surface area contributed by atoms with Crippen LogP contribution in [0.15, 0.2) is 152 Å². The Kier molecular flexibility index (Phi) is 8.50. The Morgan fingerprint density at radius 2 is 1.26 bits per heavy atom. The topological polar surface area (TPSA) is 3.24 Å². The third kappa shape index (κ3) is 5.96. The molecule has 1 heteroatoms. The SMILES string of the molecule is CC1(C)c2cc(-c3ccccc3)ccc2-c2c(-c3ccccc3)cc(N(c3ccc(C4CC5CCC4C5)cc3)c3cccc4cc(C5CCCCC5)ccc34)cc21. The number of nitrogens with zero attached hydrogens (tertiary/aromatic N) is 1. The Labute approximate surface area is 339 Å². The molecule has 0 amide bonds. The predicted octanol–water partition coefficient (Wildman–Crippen LogP) is 15.9. The first kappa shape index (κ1) is 34.8. The summed E-state index contributed by atoms with van der Waals surface area (Å²) >= 11 is 0. The monoisotopic (exact) mass is 739 g/mol. The van der Waals surface area contributed by atoms with E-state index in [1.165, 1.54) is 141 Å². The molecule has 0 aliphatic heterocycles. The molecule has 0 spiro atoms. The van der Waals surface area contributed by atoms with Gasteiger partial charge in [0.1, 0.15) is 0 Å². The minimum absolute atomic E-state index is 0.194. The van der Waals surface area contributed by atoms with Crippen LogP contribution in [0.5, 0.6) is 0 Å². The number of benzene rings is 7. The van der Waals surface area contributed by atoms with Crippen molar-refractivity contribution in [1.82, 2.24) is 0 Å². The van der Waals surface area contributed by atoms with Gasteiger partial charge in [-0.15, -0.1) is 0 Å². The van der Waals surface area contributed by atoms with Gasteiger partial charge in [-0.1, -0.05) is 155 Å². The van der Waals surface area contributed by atoms with Crippen molar-refractivity contribution < 1.29 is 0 Å². The lowest BCUT2D eigenvalue weighted by atomic mass is 9.80. The first-order valence-electron chi connectivity index (χ1n) is 21.9. The average molecular weight is 740 g/mol. The zero-order valence-corrected chi connectivity index (χ0v) is 33.6. The Hall–Kier alpha value is -5.40. The molecule has 0 aromatic heterocycles. The molecule has 4 aliphatic rings. The largest absolute Gasteiger partial charge is 0.310 e. The van der Waals surface area contributed by atoms with Crippen LogP contribution in [-0.4, -0.2) is 0 Å². The minimum Gasteiger partial charge on any atom is -0.310 e. The van der Waals surface area contributed by atoms with E-state index in [1.807, 2.05) is 0 Å². The predicted molar refractivity (Wildman–Crippen MR) is 241 cm³/mol. The van der Waals surface area contributed by atoms with Crippen LogP contribution in [0, 0.1) is 11.8 Å². The summed E-state index contributed by atoms with van der Waals surface area (Å²) in [4.78, 5) is 2.58. The lowest BCUT2D eigenvalue weighted by Crippen LogP contribution is -2.17. The summed E-state index contributed by atoms with van der Waals surface area (Å²) < 4.78 is 0. The van der Waals surface area contributed by atoms with Crippen LogP contribution in [0.1, 0.15) is 106 Å². The molecule has 3 saturated carbocycles. The molecule has 7 aromatic carbocycles. The highest BCUT2D eigenvalue weighted by Gasteiger charge is 2.41. The first-order valence-corrected chi connectivity index (χ1v) is 21.9. The van der Waals surface area contributed by atoms with E-state index in [9.17, 15) is 0 Å². The molecular weight excluding hydrogens is 687 g/mol. The molecule has 4 aliphatic carbocycles. The van der Waals surface area contributed by atoms with Gasteiger partial charge in [0, 0.05) is 22.2 Å². The standard InChI is InChI=1S/C56H53N/c1-56(2)52-34-43(39-15-8-4-9-16-39)26-30-49(52)55-51(40-17-10-5-11-18-40)35-47(36-53(55)56)57(46-27-23-41(24-28-46)50-32-37-21-22-45(50)31-37)54-20-12-19-44-33-42(25-29-48(44)54)38-13-6-3-7-14-38/h4-5,8-12,15-20,23-30,33-38,45,50H,3,6-7,13-14,21-22,31-32H2,1-2H3. The zero-order valence-electron chi connectivity index (χ0n) is 33.6. The average Bonchev–Trinajstić information content (AvgIpc) is 3.97. The lowest BCUT2D eigenvalue weighted by Gasteiger charge is -2.31. The van der Waals surface area contributed by atoms with Crippen LogP contribution < -0.4 is 4.90 Å². The third-order valence-electron chi connectivity index (χ3n) is 14.7. The van der Waals surface area contributed by atoms with E-state index in [4.69, 9.17) is 0 Å². The molecule has 2 bridgehead atoms. The van der Waals surface area contributed by atoms with Crippen molar-refractivity contribution in [2.24, 2.45) is 11.8 Å². The maximum Gasteiger partial charge on any atom is 0.0540 e. The molecule has 1 nitrogen and oxygen atoms in total. The molecule has 11 rings (SSSR count). The second-order valence-electron chi connectivity index (χ2n) is 18.3. The van der Waals surface area contributed by atoms with Crippen molar-refractivity contribution in [3.8, 4) is 33.4 Å². The van der Waals surface area contributed by atoms with E-state index in [-0.39, 0.29) is 5.41 Å². The van der Waals surface area contributed by atoms with Crippen molar-refractivity contribution in [2.45, 2.75) is 88.9 Å². The molecule has 7 aromatic rings. The fourth-order valence-electron chi connectivity index (χ4n) is 11.7. The Bertz CT molecular complexity index is 2590. The molecule has 0 saturated heterocycles. The summed E-state index contributed by atoms with van der Waals surface area (Å²) in [6.45, 7) is 4.87. The summed E-state index contributed by atoms with van der Waals surface area (Å²) in [5, 5.41) is 2.65. The van der Waals surface area contributed by atoms with Gasteiger partial charge in [0.05, 0.1) is 5.69 Å². The van der Waals surface area contributed by atoms with Crippen molar-refractivity contribution in [3.63, 3.8) is 0 Å². The van der Waals surface area contributed by atoms with Gasteiger partial charge in [-0.05, 0) is 153 Å². The van der Waals surface area contributed by atoms with E-state index in [1.54, 1.807) is 0 Å². The summed E-state index contributed by atoms with van der Waals surface area (Å²) in [6.07, 6.45) is 12.4. The van der Waals surface area contributed by atoms with Gasteiger partial charge < -0.3 is 4.90 Å². The van der Waals surface area contributed by atoms with E-state index in [2.05, 4.69) is 170 Å². The molecular formula is C56H53N. The van der Waals surface area contributed by atoms with Gasteiger partial charge in [-0.25, -0.2) is 0 Å². The molecule has 3 atom stereocenters. The fourth-order valence-corrected chi connectivity index (χ4v) is 11.7. The number of rotatable bonds is 7. The Morgan fingerprint density at radius 1 is 0.509 bits per heavy atom. The number of hydrogen-bond donors (Lipinski definition) is 0. The number of hydrogen-bond acceptors (Lipinski definition) is 1. The van der Waals surface area contributed by atoms with Gasteiger partial charge >= 0.3 is 0 Å². The fraction of sp³-hybridized carbons (Fsp3) is 0.286. The third-order valence-corrected chi connectivity index (χ3v) is 14.7. The summed E-state index contributed by atoms with van der Waals surface area (Å²) in [5.74, 6) is 3.19. The van der Waals surface area contributed by atoms with Gasteiger partial charge in [-0.3, -0.25) is 0 Å². The van der Waals surface area contributed by atoms with Crippen LogP contribution >= 0.6 is 0 Å². The van der Waals surface area contributed by atoms with Crippen LogP contribution in [0.25, 0.3) is 44.2 Å². The summed E-state index contributed by atoms with van der Waals surface area (Å²) in [5.41, 5.74) is 17.1. The van der Waals surface area contributed by atoms with Crippen molar-refractivity contribution >= 4 is 27.8 Å². The van der Waals surface area contributed by atoms with Crippen molar-refractivity contribution in [2.75, 3.05) is 4.90 Å². The van der Waals surface area contributed by atoms with Crippen LogP contribution in [-0.2, 0) is 5.41 Å². The summed E-state index contributed by atoms with van der Waals surface area (Å²) in [7, 11) is 0. The number of anilines is 3. The Balaban J connectivity index is 1.10. The highest BCUT2D eigenvalue weighted by molar-refractivity contribution is 6.02. The first-order chi connectivity index (χ1) is 28.0. The zero-order chi connectivity index (χ0) is 38.1. The maximum atomic E-state index is 2.58. The van der Waals surface area contributed by atoms with Gasteiger partial charge in [0.2, 0.25) is 0 Å². The highest BCUT2D eigenvalue weighted by Crippen LogP contribution is 2.56. The quantitative estimate of drug-likeness (QED) is 0.157. The lowest BCUT2D eigenvalue weighted by molar-refractivity contribution is 0.420. The number of fused-ring (bicyclic) bond motifs is 6. The highest BCUT2D eigenvalue weighted by atomic mass is 15.1. The Morgan fingerprint density at radius 3 is 2.00 bits per heavy atom. The minimum atomic E-state index is -0.194. The van der Waals surface area contributed by atoms with Gasteiger partial charge in [0.15, 0.2) is 0 Å². The van der Waals surface area contributed by atoms with Gasteiger partial charge in [-0.2, -0.15) is 0 Å². The van der Waals surface area contributed by atoms with E-state index < -0.39 is 0 Å². The van der Waals surface area contributed by atoms with Crippen LogP contribution in [0.2, 0.25) is 0 Å².